The van der Waals surface area contributed by atoms with Crippen molar-refractivity contribution < 1.29 is 9.47 Å². The van der Waals surface area contributed by atoms with E-state index in [-0.39, 0.29) is 6.29 Å². The van der Waals surface area contributed by atoms with E-state index in [2.05, 4.69) is 18.2 Å². The van der Waals surface area contributed by atoms with Gasteiger partial charge in [-0.2, -0.15) is 0 Å². The maximum atomic E-state index is 6.13. The summed E-state index contributed by atoms with van der Waals surface area (Å²) in [5, 5.41) is 0. The van der Waals surface area contributed by atoms with Crippen LogP contribution in [0.2, 0.25) is 0 Å². The van der Waals surface area contributed by atoms with Gasteiger partial charge in [-0.15, -0.1) is 0 Å². The molecule has 100 valence electrons. The predicted octanol–water partition coefficient (Wildman–Crippen LogP) is 3.10. The van der Waals surface area contributed by atoms with E-state index in [0.717, 1.165) is 22.4 Å². The molecular weight excluding hydrogens is 238 g/mol. The van der Waals surface area contributed by atoms with Gasteiger partial charge in [0, 0.05) is 31.9 Å². The SMILES string of the molecule is COC(Cc1ccc(-c2ccccc2)c(N)c1)OC. The molecular formula is C16H19NO2. The van der Waals surface area contributed by atoms with Crippen LogP contribution < -0.4 is 5.73 Å². The summed E-state index contributed by atoms with van der Waals surface area (Å²) < 4.78 is 10.4. The highest BCUT2D eigenvalue weighted by Crippen LogP contribution is 2.27. The number of methoxy groups -OCH3 is 2. The van der Waals surface area contributed by atoms with E-state index in [1.54, 1.807) is 14.2 Å². The van der Waals surface area contributed by atoms with Crippen LogP contribution in [0.15, 0.2) is 48.5 Å². The van der Waals surface area contributed by atoms with E-state index in [1.165, 1.54) is 0 Å². The maximum Gasteiger partial charge on any atom is 0.160 e. The van der Waals surface area contributed by atoms with Gasteiger partial charge in [0.05, 0.1) is 0 Å². The Labute approximate surface area is 114 Å². The first-order valence-electron chi connectivity index (χ1n) is 6.24. The smallest absolute Gasteiger partial charge is 0.160 e. The van der Waals surface area contributed by atoms with E-state index >= 15 is 0 Å². The lowest BCUT2D eigenvalue weighted by atomic mass is 10.0. The van der Waals surface area contributed by atoms with E-state index < -0.39 is 0 Å². The monoisotopic (exact) mass is 257 g/mol. The molecule has 2 N–H and O–H groups in total. The molecule has 0 fully saturated rings. The summed E-state index contributed by atoms with van der Waals surface area (Å²) in [6.45, 7) is 0. The van der Waals surface area contributed by atoms with Gasteiger partial charge in [0.1, 0.15) is 0 Å². The normalized spacial score (nSPS) is 10.9. The lowest BCUT2D eigenvalue weighted by molar-refractivity contribution is -0.100. The molecule has 0 atom stereocenters. The average Bonchev–Trinajstić information content (AvgIpc) is 2.46. The van der Waals surface area contributed by atoms with E-state index in [9.17, 15) is 0 Å². The van der Waals surface area contributed by atoms with Crippen molar-refractivity contribution in [2.75, 3.05) is 20.0 Å². The second-order valence-electron chi connectivity index (χ2n) is 4.39. The number of rotatable bonds is 5. The Bertz CT molecular complexity index is 522. The standard InChI is InChI=1S/C16H19NO2/c1-18-16(19-2)11-12-8-9-14(15(17)10-12)13-6-4-3-5-7-13/h3-10,16H,11,17H2,1-2H3. The van der Waals surface area contributed by atoms with Crippen molar-refractivity contribution in [3.8, 4) is 11.1 Å². The van der Waals surface area contributed by atoms with Gasteiger partial charge >= 0.3 is 0 Å². The minimum Gasteiger partial charge on any atom is -0.398 e. The van der Waals surface area contributed by atoms with Crippen molar-refractivity contribution in [2.24, 2.45) is 0 Å². The number of ether oxygens (including phenoxy) is 2. The Hall–Kier alpha value is -1.84. The molecule has 0 aliphatic heterocycles. The topological polar surface area (TPSA) is 44.5 Å². The molecule has 0 aromatic heterocycles. The van der Waals surface area contributed by atoms with Crippen LogP contribution in [-0.2, 0) is 15.9 Å². The second-order valence-corrected chi connectivity index (χ2v) is 4.39. The van der Waals surface area contributed by atoms with Gasteiger partial charge < -0.3 is 15.2 Å². The fraction of sp³-hybridized carbons (Fsp3) is 0.250. The summed E-state index contributed by atoms with van der Waals surface area (Å²) in [6.07, 6.45) is 0.452. The Kier molecular flexibility index (Phi) is 4.55. The fourth-order valence-electron chi connectivity index (χ4n) is 2.08. The number of nitrogen functional groups attached to an aromatic ring is 1. The summed E-state index contributed by atoms with van der Waals surface area (Å²) >= 11 is 0. The molecule has 0 spiro atoms. The highest BCUT2D eigenvalue weighted by atomic mass is 16.7. The maximum absolute atomic E-state index is 6.13. The van der Waals surface area contributed by atoms with Gasteiger partial charge in [0.2, 0.25) is 0 Å². The van der Waals surface area contributed by atoms with E-state index in [1.807, 2.05) is 30.3 Å². The van der Waals surface area contributed by atoms with Gasteiger partial charge in [-0.05, 0) is 17.2 Å². The zero-order valence-corrected chi connectivity index (χ0v) is 11.3. The molecule has 2 aromatic carbocycles. The Morgan fingerprint density at radius 2 is 1.68 bits per heavy atom. The summed E-state index contributed by atoms with van der Waals surface area (Å²) in [4.78, 5) is 0. The lowest BCUT2D eigenvalue weighted by Crippen LogP contribution is -2.16. The van der Waals surface area contributed by atoms with Gasteiger partial charge in [0.25, 0.3) is 0 Å². The number of anilines is 1. The van der Waals surface area contributed by atoms with Crippen LogP contribution in [0.4, 0.5) is 5.69 Å². The van der Waals surface area contributed by atoms with Crippen LogP contribution in [0.25, 0.3) is 11.1 Å². The van der Waals surface area contributed by atoms with Crippen molar-refractivity contribution in [3.63, 3.8) is 0 Å². The average molecular weight is 257 g/mol. The Balaban J connectivity index is 2.23. The van der Waals surface area contributed by atoms with Crippen LogP contribution in [-0.4, -0.2) is 20.5 Å². The first-order chi connectivity index (χ1) is 9.24. The highest BCUT2D eigenvalue weighted by Gasteiger charge is 2.09. The van der Waals surface area contributed by atoms with Crippen molar-refractivity contribution in [1.82, 2.24) is 0 Å². The molecule has 3 nitrogen and oxygen atoms in total. The summed E-state index contributed by atoms with van der Waals surface area (Å²) in [5.41, 5.74) is 10.2. The molecule has 0 saturated carbocycles. The molecule has 0 radical (unpaired) electrons. The highest BCUT2D eigenvalue weighted by molar-refractivity contribution is 5.76. The molecule has 2 aromatic rings. The third-order valence-electron chi connectivity index (χ3n) is 3.13. The van der Waals surface area contributed by atoms with Crippen LogP contribution in [0.3, 0.4) is 0 Å². The molecule has 0 amide bonds. The summed E-state index contributed by atoms with van der Waals surface area (Å²) in [5.74, 6) is 0. The van der Waals surface area contributed by atoms with E-state index in [0.29, 0.717) is 6.42 Å². The Morgan fingerprint density at radius 1 is 1.00 bits per heavy atom. The first-order valence-corrected chi connectivity index (χ1v) is 6.24. The first kappa shape index (κ1) is 13.6. The predicted molar refractivity (Wildman–Crippen MR) is 77.8 cm³/mol. The molecule has 0 bridgehead atoms. The molecule has 0 unspecified atom stereocenters. The van der Waals surface area contributed by atoms with Crippen molar-refractivity contribution in [1.29, 1.82) is 0 Å². The molecule has 0 saturated heterocycles. The minimum atomic E-state index is -0.234. The van der Waals surface area contributed by atoms with Crippen LogP contribution in [0, 0.1) is 0 Å². The lowest BCUT2D eigenvalue weighted by Gasteiger charge is -2.14. The molecule has 3 heteroatoms. The molecule has 0 heterocycles. The largest absolute Gasteiger partial charge is 0.398 e. The minimum absolute atomic E-state index is 0.234. The van der Waals surface area contributed by atoms with E-state index in [4.69, 9.17) is 15.2 Å². The number of hydrogen-bond acceptors (Lipinski definition) is 3. The summed E-state index contributed by atoms with van der Waals surface area (Å²) in [6, 6.07) is 16.2. The molecule has 19 heavy (non-hydrogen) atoms. The molecule has 0 aliphatic carbocycles. The molecule has 0 aliphatic rings. The number of hydrogen-bond donors (Lipinski definition) is 1. The van der Waals surface area contributed by atoms with Crippen molar-refractivity contribution >= 4 is 5.69 Å². The quantitative estimate of drug-likeness (QED) is 0.661. The van der Waals surface area contributed by atoms with Gasteiger partial charge in [0.15, 0.2) is 6.29 Å². The van der Waals surface area contributed by atoms with Gasteiger partial charge in [-0.25, -0.2) is 0 Å². The fourth-order valence-corrected chi connectivity index (χ4v) is 2.08. The van der Waals surface area contributed by atoms with Crippen LogP contribution in [0.5, 0.6) is 0 Å². The third-order valence-corrected chi connectivity index (χ3v) is 3.13. The van der Waals surface area contributed by atoms with Crippen LogP contribution >= 0.6 is 0 Å². The van der Waals surface area contributed by atoms with Crippen molar-refractivity contribution in [3.05, 3.63) is 54.1 Å². The zero-order chi connectivity index (χ0) is 13.7. The zero-order valence-electron chi connectivity index (χ0n) is 11.3. The van der Waals surface area contributed by atoms with Crippen molar-refractivity contribution in [2.45, 2.75) is 12.7 Å². The number of nitrogens with two attached hydrogens (primary N) is 1. The van der Waals surface area contributed by atoms with Crippen LogP contribution in [0.1, 0.15) is 5.56 Å². The van der Waals surface area contributed by atoms with Gasteiger partial charge in [-0.1, -0.05) is 42.5 Å². The Morgan fingerprint density at radius 3 is 2.26 bits per heavy atom. The number of benzene rings is 2. The second kappa shape index (κ2) is 6.36. The third kappa shape index (κ3) is 3.34. The summed E-state index contributed by atoms with van der Waals surface area (Å²) in [7, 11) is 3.27. The molecule has 2 rings (SSSR count). The van der Waals surface area contributed by atoms with Gasteiger partial charge in [-0.3, -0.25) is 0 Å².